The number of hydrogen-bond acceptors (Lipinski definition) is 4. The Balaban J connectivity index is 1.15. The highest BCUT2D eigenvalue weighted by Gasteiger charge is 2.17. The van der Waals surface area contributed by atoms with Gasteiger partial charge in [-0.25, -0.2) is 15.0 Å². The molecule has 9 aromatic rings. The minimum atomic E-state index is 0.718. The molecule has 0 unspecified atom stereocenters. The Morgan fingerprint density at radius 2 is 0.936 bits per heavy atom. The monoisotopic (exact) mass is 617 g/mol. The van der Waals surface area contributed by atoms with E-state index in [1.54, 1.807) is 0 Å². The van der Waals surface area contributed by atoms with Crippen LogP contribution in [0.4, 0.5) is 0 Å². The van der Waals surface area contributed by atoms with Crippen LogP contribution in [0, 0.1) is 0 Å². The van der Waals surface area contributed by atoms with E-state index in [0.717, 1.165) is 61.8 Å². The number of rotatable bonds is 5. The van der Waals surface area contributed by atoms with Crippen LogP contribution in [0.5, 0.6) is 0 Å². The number of nitrogens with zero attached hydrogens (tertiary/aromatic N) is 3. The van der Waals surface area contributed by atoms with E-state index in [1.165, 1.54) is 25.6 Å². The van der Waals surface area contributed by atoms with Gasteiger partial charge in [-0.15, -0.1) is 11.3 Å². The number of pyridine rings is 1. The maximum Gasteiger partial charge on any atom is 0.160 e. The molecule has 0 aliphatic heterocycles. The Labute approximate surface area is 276 Å². The molecule has 0 aliphatic carbocycles. The molecule has 0 atom stereocenters. The smallest absolute Gasteiger partial charge is 0.160 e. The van der Waals surface area contributed by atoms with Crippen LogP contribution in [0.1, 0.15) is 0 Å². The summed E-state index contributed by atoms with van der Waals surface area (Å²) in [4.78, 5) is 15.2. The van der Waals surface area contributed by atoms with Crippen molar-refractivity contribution in [1.82, 2.24) is 15.0 Å². The summed E-state index contributed by atoms with van der Waals surface area (Å²) in [5.41, 5.74) is 10.4. The Bertz CT molecular complexity index is 2480. The van der Waals surface area contributed by atoms with E-state index in [0.29, 0.717) is 0 Å². The second-order valence-electron chi connectivity index (χ2n) is 11.6. The topological polar surface area (TPSA) is 38.7 Å². The number of fused-ring (bicyclic) bond motifs is 5. The maximum absolute atomic E-state index is 5.24. The summed E-state index contributed by atoms with van der Waals surface area (Å²) in [5.74, 6) is 0.718. The Kier molecular flexibility index (Phi) is 6.65. The summed E-state index contributed by atoms with van der Waals surface area (Å²) in [6.07, 6.45) is 0. The van der Waals surface area contributed by atoms with Crippen molar-refractivity contribution in [2.45, 2.75) is 0 Å². The van der Waals surface area contributed by atoms with Crippen LogP contribution in [0.3, 0.4) is 0 Å². The molecule has 0 fully saturated rings. The third kappa shape index (κ3) is 4.96. The average Bonchev–Trinajstić information content (AvgIpc) is 3.55. The van der Waals surface area contributed by atoms with Gasteiger partial charge in [0.15, 0.2) is 5.82 Å². The Morgan fingerprint density at radius 3 is 1.64 bits per heavy atom. The van der Waals surface area contributed by atoms with Gasteiger partial charge < -0.3 is 0 Å². The number of aromatic nitrogens is 3. The van der Waals surface area contributed by atoms with Crippen LogP contribution >= 0.6 is 11.3 Å². The van der Waals surface area contributed by atoms with Crippen LogP contribution in [0.15, 0.2) is 164 Å². The Morgan fingerprint density at radius 1 is 0.383 bits per heavy atom. The minimum Gasteiger partial charge on any atom is -0.247 e. The average molecular weight is 618 g/mol. The molecule has 0 spiro atoms. The standard InChI is InChI=1S/C43H27N3S/c1-4-12-29(13-5-1)37-27-38(46-43(45-37)32-16-8-3-9-17-32)30-22-20-28(21-23-30)33-24-25-36-35(26-33)42-40(34-18-10-11-19-39(34)47-42)41(44-36)31-14-6-2-7-15-31/h1-27H. The quantitative estimate of drug-likeness (QED) is 0.193. The molecule has 0 saturated heterocycles. The lowest BCUT2D eigenvalue weighted by Crippen LogP contribution is -1.95. The number of thiophene rings is 1. The zero-order valence-corrected chi connectivity index (χ0v) is 26.2. The van der Waals surface area contributed by atoms with E-state index in [1.807, 2.05) is 47.7 Å². The molecule has 0 radical (unpaired) electrons. The highest BCUT2D eigenvalue weighted by atomic mass is 32.1. The van der Waals surface area contributed by atoms with Crippen molar-refractivity contribution in [3.05, 3.63) is 164 Å². The van der Waals surface area contributed by atoms with E-state index < -0.39 is 0 Å². The van der Waals surface area contributed by atoms with Gasteiger partial charge in [0.05, 0.1) is 22.6 Å². The minimum absolute atomic E-state index is 0.718. The van der Waals surface area contributed by atoms with Crippen LogP contribution in [0.2, 0.25) is 0 Å². The molecule has 3 aromatic heterocycles. The van der Waals surface area contributed by atoms with Crippen LogP contribution < -0.4 is 0 Å². The van der Waals surface area contributed by atoms with Crippen LogP contribution in [0.25, 0.3) is 87.4 Å². The fourth-order valence-electron chi connectivity index (χ4n) is 6.35. The number of hydrogen-bond donors (Lipinski definition) is 0. The normalized spacial score (nSPS) is 11.4. The molecule has 0 saturated carbocycles. The molecule has 4 heteroatoms. The summed E-state index contributed by atoms with van der Waals surface area (Å²) < 4.78 is 2.55. The maximum atomic E-state index is 5.24. The molecule has 3 heterocycles. The summed E-state index contributed by atoms with van der Waals surface area (Å²) >= 11 is 1.85. The molecule has 6 aromatic carbocycles. The SMILES string of the molecule is c1ccc(-c2cc(-c3ccc(-c4ccc5nc(-c6ccccc6)c6c7ccccc7sc6c5c4)cc3)nc(-c3ccccc3)n2)cc1. The summed E-state index contributed by atoms with van der Waals surface area (Å²) in [5, 5.41) is 3.66. The summed E-state index contributed by atoms with van der Waals surface area (Å²) in [7, 11) is 0. The van der Waals surface area contributed by atoms with Crippen molar-refractivity contribution in [3.63, 3.8) is 0 Å². The third-order valence-electron chi connectivity index (χ3n) is 8.69. The zero-order chi connectivity index (χ0) is 31.2. The van der Waals surface area contributed by atoms with E-state index in [9.17, 15) is 0 Å². The van der Waals surface area contributed by atoms with Gasteiger partial charge in [0, 0.05) is 47.8 Å². The van der Waals surface area contributed by atoms with Crippen molar-refractivity contribution in [1.29, 1.82) is 0 Å². The molecule has 3 nitrogen and oxygen atoms in total. The van der Waals surface area contributed by atoms with Gasteiger partial charge in [-0.2, -0.15) is 0 Å². The lowest BCUT2D eigenvalue weighted by atomic mass is 9.98. The zero-order valence-electron chi connectivity index (χ0n) is 25.3. The molecule has 220 valence electrons. The molecule has 9 rings (SSSR count). The van der Waals surface area contributed by atoms with Gasteiger partial charge in [-0.05, 0) is 35.4 Å². The van der Waals surface area contributed by atoms with Gasteiger partial charge in [-0.3, -0.25) is 0 Å². The summed E-state index contributed by atoms with van der Waals surface area (Å²) in [6.45, 7) is 0. The van der Waals surface area contributed by atoms with Crippen molar-refractivity contribution in [2.24, 2.45) is 0 Å². The lowest BCUT2D eigenvalue weighted by molar-refractivity contribution is 1.18. The first-order valence-corrected chi connectivity index (χ1v) is 16.5. The first-order valence-electron chi connectivity index (χ1n) is 15.7. The highest BCUT2D eigenvalue weighted by Crippen LogP contribution is 2.43. The largest absolute Gasteiger partial charge is 0.247 e. The second kappa shape index (κ2) is 11.4. The molecule has 0 amide bonds. The highest BCUT2D eigenvalue weighted by molar-refractivity contribution is 7.26. The van der Waals surface area contributed by atoms with E-state index in [-0.39, 0.29) is 0 Å². The van der Waals surface area contributed by atoms with Crippen molar-refractivity contribution in [2.75, 3.05) is 0 Å². The predicted octanol–water partition coefficient (Wildman–Crippen LogP) is 11.7. The van der Waals surface area contributed by atoms with Gasteiger partial charge in [0.1, 0.15) is 0 Å². The fraction of sp³-hybridized carbons (Fsp3) is 0. The molecule has 47 heavy (non-hydrogen) atoms. The lowest BCUT2D eigenvalue weighted by Gasteiger charge is -2.11. The molecule has 0 bridgehead atoms. The van der Waals surface area contributed by atoms with Gasteiger partial charge in [0.2, 0.25) is 0 Å². The fourth-order valence-corrected chi connectivity index (χ4v) is 7.58. The van der Waals surface area contributed by atoms with Crippen molar-refractivity contribution in [3.8, 4) is 56.3 Å². The summed E-state index contributed by atoms with van der Waals surface area (Å²) in [6, 6.07) is 57.1. The second-order valence-corrected chi connectivity index (χ2v) is 12.7. The van der Waals surface area contributed by atoms with E-state index in [2.05, 4.69) is 127 Å². The van der Waals surface area contributed by atoms with Gasteiger partial charge >= 0.3 is 0 Å². The van der Waals surface area contributed by atoms with Crippen LogP contribution in [-0.4, -0.2) is 15.0 Å². The van der Waals surface area contributed by atoms with Crippen molar-refractivity contribution < 1.29 is 0 Å². The molecule has 0 N–H and O–H groups in total. The Hall–Kier alpha value is -5.97. The van der Waals surface area contributed by atoms with E-state index in [4.69, 9.17) is 15.0 Å². The van der Waals surface area contributed by atoms with Crippen LogP contribution in [-0.2, 0) is 0 Å². The van der Waals surface area contributed by atoms with Gasteiger partial charge in [0.25, 0.3) is 0 Å². The van der Waals surface area contributed by atoms with Crippen molar-refractivity contribution >= 4 is 42.4 Å². The van der Waals surface area contributed by atoms with E-state index >= 15 is 0 Å². The first kappa shape index (κ1) is 27.3. The molecular weight excluding hydrogens is 591 g/mol. The van der Waals surface area contributed by atoms with Gasteiger partial charge in [-0.1, -0.05) is 140 Å². The molecule has 0 aliphatic rings. The number of benzene rings is 6. The first-order chi connectivity index (χ1) is 23.3. The predicted molar refractivity (Wildman–Crippen MR) is 197 cm³/mol. The molecular formula is C43H27N3S. The third-order valence-corrected chi connectivity index (χ3v) is 9.90.